The first-order valence-corrected chi connectivity index (χ1v) is 7.69. The lowest BCUT2D eigenvalue weighted by Crippen LogP contribution is -2.34. The summed E-state index contributed by atoms with van der Waals surface area (Å²) >= 11 is 1.28. The molecule has 0 spiro atoms. The van der Waals surface area contributed by atoms with Crippen LogP contribution in [-0.4, -0.2) is 31.6 Å². The average molecular weight is 296 g/mol. The molecule has 0 bridgehead atoms. The molecule has 1 aliphatic rings. The van der Waals surface area contributed by atoms with Gasteiger partial charge >= 0.3 is 5.97 Å². The van der Waals surface area contributed by atoms with Gasteiger partial charge in [-0.1, -0.05) is 12.8 Å². The normalized spacial score (nSPS) is 15.3. The molecule has 1 saturated carbocycles. The molecule has 110 valence electrons. The lowest BCUT2D eigenvalue weighted by atomic mass is 10.2. The third-order valence-electron chi connectivity index (χ3n) is 3.52. The van der Waals surface area contributed by atoms with E-state index < -0.39 is 5.97 Å². The summed E-state index contributed by atoms with van der Waals surface area (Å²) in [6.45, 7) is 2.14. The van der Waals surface area contributed by atoms with Gasteiger partial charge in [-0.25, -0.2) is 4.79 Å². The number of carbonyl (C=O) groups excluding carboxylic acids is 2. The third kappa shape index (κ3) is 3.58. The quantitative estimate of drug-likeness (QED) is 0.818. The summed E-state index contributed by atoms with van der Waals surface area (Å²) in [7, 11) is 1.34. The number of rotatable bonds is 5. The summed E-state index contributed by atoms with van der Waals surface area (Å²) < 4.78 is 4.72. The maximum Gasteiger partial charge on any atom is 0.350 e. The Morgan fingerprint density at radius 2 is 2.10 bits per heavy atom. The minimum atomic E-state index is -0.415. The monoisotopic (exact) mass is 296 g/mol. The molecule has 1 aliphatic carbocycles. The lowest BCUT2D eigenvalue weighted by molar-refractivity contribution is -0.115. The van der Waals surface area contributed by atoms with Crippen molar-refractivity contribution in [2.75, 3.05) is 19.0 Å². The lowest BCUT2D eigenvalue weighted by Gasteiger charge is -2.12. The largest absolute Gasteiger partial charge is 0.465 e. The molecule has 0 aliphatic heterocycles. The molecular formula is C14H20N2O3S. The van der Waals surface area contributed by atoms with E-state index in [4.69, 9.17) is 4.74 Å². The Morgan fingerprint density at radius 1 is 1.40 bits per heavy atom. The molecule has 1 heterocycles. The van der Waals surface area contributed by atoms with Gasteiger partial charge in [0.15, 0.2) is 0 Å². The highest BCUT2D eigenvalue weighted by Gasteiger charge is 2.19. The van der Waals surface area contributed by atoms with Crippen molar-refractivity contribution >= 4 is 28.9 Å². The zero-order valence-corrected chi connectivity index (χ0v) is 12.6. The highest BCUT2D eigenvalue weighted by molar-refractivity contribution is 7.12. The summed E-state index contributed by atoms with van der Waals surface area (Å²) in [6, 6.07) is 0.449. The zero-order chi connectivity index (χ0) is 14.5. The Bertz CT molecular complexity index is 493. The second-order valence-electron chi connectivity index (χ2n) is 5.02. The SMILES string of the molecule is COC(=O)c1scc(C)c1NC(=O)CNC1CCCC1. The molecule has 0 atom stereocenters. The number of thiophene rings is 1. The molecule has 1 aromatic rings. The smallest absolute Gasteiger partial charge is 0.350 e. The number of methoxy groups -OCH3 is 1. The first-order valence-electron chi connectivity index (χ1n) is 6.81. The van der Waals surface area contributed by atoms with Gasteiger partial charge in [0, 0.05) is 6.04 Å². The number of hydrogen-bond acceptors (Lipinski definition) is 5. The second kappa shape index (κ2) is 6.85. The van der Waals surface area contributed by atoms with Crippen LogP contribution in [0.2, 0.25) is 0 Å². The molecule has 2 rings (SSSR count). The van der Waals surface area contributed by atoms with Crippen LogP contribution in [0.15, 0.2) is 5.38 Å². The number of carbonyl (C=O) groups is 2. The molecule has 20 heavy (non-hydrogen) atoms. The van der Waals surface area contributed by atoms with Crippen LogP contribution in [-0.2, 0) is 9.53 Å². The number of anilines is 1. The minimum Gasteiger partial charge on any atom is -0.465 e. The van der Waals surface area contributed by atoms with Crippen LogP contribution in [0.1, 0.15) is 40.9 Å². The van der Waals surface area contributed by atoms with Crippen molar-refractivity contribution in [2.45, 2.75) is 38.6 Å². The van der Waals surface area contributed by atoms with Gasteiger partial charge in [-0.05, 0) is 30.7 Å². The van der Waals surface area contributed by atoms with Crippen LogP contribution >= 0.6 is 11.3 Å². The highest BCUT2D eigenvalue weighted by atomic mass is 32.1. The van der Waals surface area contributed by atoms with E-state index in [1.807, 2.05) is 12.3 Å². The fourth-order valence-electron chi connectivity index (χ4n) is 2.39. The number of hydrogen-bond donors (Lipinski definition) is 2. The number of ether oxygens (including phenoxy) is 1. The van der Waals surface area contributed by atoms with Crippen LogP contribution in [0.5, 0.6) is 0 Å². The van der Waals surface area contributed by atoms with Crippen molar-refractivity contribution in [2.24, 2.45) is 0 Å². The van der Waals surface area contributed by atoms with Crippen LogP contribution in [0.25, 0.3) is 0 Å². The summed E-state index contributed by atoms with van der Waals surface area (Å²) in [6.07, 6.45) is 4.74. The van der Waals surface area contributed by atoms with Crippen LogP contribution in [0.3, 0.4) is 0 Å². The number of amides is 1. The molecule has 0 aromatic carbocycles. The van der Waals surface area contributed by atoms with Gasteiger partial charge in [-0.3, -0.25) is 4.79 Å². The van der Waals surface area contributed by atoms with Gasteiger partial charge in [-0.2, -0.15) is 0 Å². The van der Waals surface area contributed by atoms with Crippen LogP contribution in [0.4, 0.5) is 5.69 Å². The number of esters is 1. The Labute approximate surface area is 122 Å². The predicted octanol–water partition coefficient (Wildman–Crippen LogP) is 2.31. The van der Waals surface area contributed by atoms with E-state index >= 15 is 0 Å². The molecule has 0 unspecified atom stereocenters. The molecular weight excluding hydrogens is 276 g/mol. The Hall–Kier alpha value is -1.40. The van der Waals surface area contributed by atoms with Crippen LogP contribution < -0.4 is 10.6 Å². The molecule has 0 radical (unpaired) electrons. The summed E-state index contributed by atoms with van der Waals surface area (Å²) in [4.78, 5) is 24.0. The fourth-order valence-corrected chi connectivity index (χ4v) is 3.31. The molecule has 5 nitrogen and oxygen atoms in total. The maximum absolute atomic E-state index is 12.0. The average Bonchev–Trinajstić information content (AvgIpc) is 3.07. The predicted molar refractivity (Wildman–Crippen MR) is 79.3 cm³/mol. The standard InChI is InChI=1S/C14H20N2O3S/c1-9-8-20-13(14(18)19-2)12(9)16-11(17)7-15-10-5-3-4-6-10/h8,10,15H,3-7H2,1-2H3,(H,16,17). The van der Waals surface area contributed by atoms with E-state index in [9.17, 15) is 9.59 Å². The van der Waals surface area contributed by atoms with Gasteiger partial charge in [-0.15, -0.1) is 11.3 Å². The van der Waals surface area contributed by atoms with Crippen molar-refractivity contribution in [3.63, 3.8) is 0 Å². The molecule has 2 N–H and O–H groups in total. The summed E-state index contributed by atoms with van der Waals surface area (Å²) in [5, 5.41) is 7.90. The van der Waals surface area contributed by atoms with Gasteiger partial charge in [0.05, 0.1) is 19.3 Å². The summed E-state index contributed by atoms with van der Waals surface area (Å²) in [5.74, 6) is -0.536. The molecule has 1 fully saturated rings. The van der Waals surface area contributed by atoms with Crippen molar-refractivity contribution < 1.29 is 14.3 Å². The minimum absolute atomic E-state index is 0.122. The topological polar surface area (TPSA) is 67.4 Å². The van der Waals surface area contributed by atoms with Gasteiger partial charge < -0.3 is 15.4 Å². The van der Waals surface area contributed by atoms with E-state index in [1.165, 1.54) is 31.3 Å². The Balaban J connectivity index is 1.93. The van der Waals surface area contributed by atoms with Gasteiger partial charge in [0.25, 0.3) is 0 Å². The van der Waals surface area contributed by atoms with Gasteiger partial charge in [0.2, 0.25) is 5.91 Å². The van der Waals surface area contributed by atoms with Crippen molar-refractivity contribution in [3.05, 3.63) is 15.8 Å². The zero-order valence-electron chi connectivity index (χ0n) is 11.8. The van der Waals surface area contributed by atoms with E-state index in [1.54, 1.807) is 0 Å². The van der Waals surface area contributed by atoms with Crippen LogP contribution in [0, 0.1) is 6.92 Å². The van der Waals surface area contributed by atoms with Crippen molar-refractivity contribution in [3.8, 4) is 0 Å². The third-order valence-corrected chi connectivity index (χ3v) is 4.59. The molecule has 1 aromatic heterocycles. The van der Waals surface area contributed by atoms with E-state index in [0.29, 0.717) is 16.6 Å². The van der Waals surface area contributed by atoms with E-state index in [2.05, 4.69) is 10.6 Å². The maximum atomic E-state index is 12.0. The summed E-state index contributed by atoms with van der Waals surface area (Å²) in [5.41, 5.74) is 1.45. The number of nitrogens with one attached hydrogen (secondary N) is 2. The molecule has 1 amide bonds. The Morgan fingerprint density at radius 3 is 2.75 bits per heavy atom. The van der Waals surface area contributed by atoms with Gasteiger partial charge in [0.1, 0.15) is 4.88 Å². The van der Waals surface area contributed by atoms with Crippen molar-refractivity contribution in [1.82, 2.24) is 5.32 Å². The fraction of sp³-hybridized carbons (Fsp3) is 0.571. The number of aryl methyl sites for hydroxylation is 1. The van der Waals surface area contributed by atoms with Crippen molar-refractivity contribution in [1.29, 1.82) is 0 Å². The van der Waals surface area contributed by atoms with E-state index in [0.717, 1.165) is 18.4 Å². The highest BCUT2D eigenvalue weighted by Crippen LogP contribution is 2.28. The van der Waals surface area contributed by atoms with E-state index in [-0.39, 0.29) is 12.5 Å². The Kier molecular flexibility index (Phi) is 5.14. The molecule has 6 heteroatoms. The first kappa shape index (κ1) is 15.0. The molecule has 0 saturated heterocycles. The second-order valence-corrected chi connectivity index (χ2v) is 5.90. The first-order chi connectivity index (χ1) is 9.61.